The molecule has 1 aromatic rings. The fourth-order valence-electron chi connectivity index (χ4n) is 2.19. The SMILES string of the molecule is CNCC/C=C/c1ccccc1C1CCC1. The summed E-state index contributed by atoms with van der Waals surface area (Å²) in [4.78, 5) is 0. The largest absolute Gasteiger partial charge is 0.319 e. The van der Waals surface area contributed by atoms with E-state index >= 15 is 0 Å². The van der Waals surface area contributed by atoms with Crippen molar-refractivity contribution in [1.29, 1.82) is 0 Å². The molecular formula is C15H21N. The van der Waals surface area contributed by atoms with Gasteiger partial charge in [-0.25, -0.2) is 0 Å². The van der Waals surface area contributed by atoms with Crippen LogP contribution in [0.2, 0.25) is 0 Å². The predicted octanol–water partition coefficient (Wildman–Crippen LogP) is 3.58. The standard InChI is InChI=1S/C15H21N/c1-16-12-5-4-8-13-7-2-3-11-15(13)14-9-6-10-14/h2-4,7-8,11,14,16H,5-6,9-10,12H2,1H3/b8-4+. The second-order valence-corrected chi connectivity index (χ2v) is 4.55. The van der Waals surface area contributed by atoms with Crippen LogP contribution in [0.3, 0.4) is 0 Å². The summed E-state index contributed by atoms with van der Waals surface area (Å²) in [5.41, 5.74) is 2.97. The Labute approximate surface area is 98.6 Å². The first-order valence-electron chi connectivity index (χ1n) is 6.32. The number of hydrogen-bond donors (Lipinski definition) is 1. The third-order valence-corrected chi connectivity index (χ3v) is 3.40. The molecule has 0 spiro atoms. The summed E-state index contributed by atoms with van der Waals surface area (Å²) in [5, 5.41) is 3.16. The highest BCUT2D eigenvalue weighted by Gasteiger charge is 2.20. The zero-order chi connectivity index (χ0) is 11.2. The molecule has 0 amide bonds. The van der Waals surface area contributed by atoms with Gasteiger partial charge in [0.15, 0.2) is 0 Å². The summed E-state index contributed by atoms with van der Waals surface area (Å²) in [6, 6.07) is 8.84. The Kier molecular flexibility index (Phi) is 4.17. The summed E-state index contributed by atoms with van der Waals surface area (Å²) in [7, 11) is 2.00. The lowest BCUT2D eigenvalue weighted by atomic mass is 9.78. The van der Waals surface area contributed by atoms with E-state index in [0.29, 0.717) is 0 Å². The van der Waals surface area contributed by atoms with Crippen molar-refractivity contribution in [2.24, 2.45) is 0 Å². The average molecular weight is 215 g/mol. The van der Waals surface area contributed by atoms with Gasteiger partial charge in [0.2, 0.25) is 0 Å². The molecule has 16 heavy (non-hydrogen) atoms. The molecule has 86 valence electrons. The molecule has 1 saturated carbocycles. The van der Waals surface area contributed by atoms with Crippen molar-refractivity contribution in [2.75, 3.05) is 13.6 Å². The van der Waals surface area contributed by atoms with Crippen molar-refractivity contribution in [3.05, 3.63) is 41.5 Å². The maximum atomic E-state index is 3.16. The maximum Gasteiger partial charge on any atom is -0.00172 e. The summed E-state index contributed by atoms with van der Waals surface area (Å²) in [6.07, 6.45) is 9.82. The van der Waals surface area contributed by atoms with Gasteiger partial charge in [-0.2, -0.15) is 0 Å². The molecular weight excluding hydrogens is 194 g/mol. The minimum atomic E-state index is 0.824. The van der Waals surface area contributed by atoms with Crippen LogP contribution in [0.4, 0.5) is 0 Å². The van der Waals surface area contributed by atoms with E-state index < -0.39 is 0 Å². The molecule has 0 aliphatic heterocycles. The Morgan fingerprint density at radius 1 is 1.31 bits per heavy atom. The maximum absolute atomic E-state index is 3.16. The first-order chi connectivity index (χ1) is 7.92. The molecule has 2 rings (SSSR count). The smallest absolute Gasteiger partial charge is 0.00172 e. The molecule has 0 bridgehead atoms. The Morgan fingerprint density at radius 3 is 2.81 bits per heavy atom. The lowest BCUT2D eigenvalue weighted by Crippen LogP contribution is -2.10. The number of benzene rings is 1. The van der Waals surface area contributed by atoms with Gasteiger partial charge in [-0.15, -0.1) is 0 Å². The zero-order valence-electron chi connectivity index (χ0n) is 10.1. The molecule has 1 aliphatic carbocycles. The van der Waals surface area contributed by atoms with E-state index in [9.17, 15) is 0 Å². The Bertz CT molecular complexity index is 350. The Morgan fingerprint density at radius 2 is 2.12 bits per heavy atom. The molecule has 0 unspecified atom stereocenters. The van der Waals surface area contributed by atoms with E-state index in [4.69, 9.17) is 0 Å². The van der Waals surface area contributed by atoms with Crippen LogP contribution >= 0.6 is 0 Å². The quantitative estimate of drug-likeness (QED) is 0.740. The highest BCUT2D eigenvalue weighted by atomic mass is 14.8. The topological polar surface area (TPSA) is 12.0 Å². The minimum absolute atomic E-state index is 0.824. The van der Waals surface area contributed by atoms with Crippen LogP contribution < -0.4 is 5.32 Å². The molecule has 0 heterocycles. The van der Waals surface area contributed by atoms with Crippen LogP contribution in [-0.4, -0.2) is 13.6 Å². The zero-order valence-corrected chi connectivity index (χ0v) is 10.1. The molecule has 0 atom stereocenters. The van der Waals surface area contributed by atoms with Crippen LogP contribution in [0.25, 0.3) is 6.08 Å². The van der Waals surface area contributed by atoms with Crippen LogP contribution in [0.1, 0.15) is 42.7 Å². The van der Waals surface area contributed by atoms with E-state index in [1.165, 1.54) is 24.8 Å². The van der Waals surface area contributed by atoms with Gasteiger partial charge in [0.05, 0.1) is 0 Å². The summed E-state index contributed by atoms with van der Waals surface area (Å²) >= 11 is 0. The van der Waals surface area contributed by atoms with Crippen LogP contribution in [0.15, 0.2) is 30.3 Å². The van der Waals surface area contributed by atoms with Gasteiger partial charge in [0.1, 0.15) is 0 Å². The van der Waals surface area contributed by atoms with Crippen molar-refractivity contribution < 1.29 is 0 Å². The van der Waals surface area contributed by atoms with Gasteiger partial charge in [-0.05, 0) is 49.9 Å². The van der Waals surface area contributed by atoms with E-state index in [1.54, 1.807) is 5.56 Å². The first-order valence-corrected chi connectivity index (χ1v) is 6.32. The predicted molar refractivity (Wildman–Crippen MR) is 70.6 cm³/mol. The molecule has 0 aromatic heterocycles. The fraction of sp³-hybridized carbons (Fsp3) is 0.467. The van der Waals surface area contributed by atoms with Gasteiger partial charge < -0.3 is 5.32 Å². The lowest BCUT2D eigenvalue weighted by molar-refractivity contribution is 0.419. The van der Waals surface area contributed by atoms with Crippen molar-refractivity contribution in [3.63, 3.8) is 0 Å². The summed E-state index contributed by atoms with van der Waals surface area (Å²) in [6.45, 7) is 1.06. The Hall–Kier alpha value is -1.08. The van der Waals surface area contributed by atoms with Crippen LogP contribution in [-0.2, 0) is 0 Å². The van der Waals surface area contributed by atoms with Gasteiger partial charge in [-0.3, -0.25) is 0 Å². The molecule has 1 fully saturated rings. The summed E-state index contributed by atoms with van der Waals surface area (Å²) in [5.74, 6) is 0.824. The third kappa shape index (κ3) is 2.73. The highest BCUT2D eigenvalue weighted by molar-refractivity contribution is 5.55. The first kappa shape index (κ1) is 11.4. The van der Waals surface area contributed by atoms with E-state index in [1.807, 2.05) is 7.05 Å². The molecule has 1 heteroatoms. The van der Waals surface area contributed by atoms with Gasteiger partial charge in [0, 0.05) is 0 Å². The minimum Gasteiger partial charge on any atom is -0.319 e. The number of hydrogen-bond acceptors (Lipinski definition) is 1. The van der Waals surface area contributed by atoms with Crippen LogP contribution in [0.5, 0.6) is 0 Å². The number of rotatable bonds is 5. The second kappa shape index (κ2) is 5.86. The molecule has 1 aliphatic rings. The summed E-state index contributed by atoms with van der Waals surface area (Å²) < 4.78 is 0. The van der Waals surface area contributed by atoms with E-state index in [-0.39, 0.29) is 0 Å². The van der Waals surface area contributed by atoms with Crippen molar-refractivity contribution in [2.45, 2.75) is 31.6 Å². The second-order valence-electron chi connectivity index (χ2n) is 4.55. The van der Waals surface area contributed by atoms with Crippen LogP contribution in [0, 0.1) is 0 Å². The molecule has 1 aromatic carbocycles. The normalized spacial score (nSPS) is 16.6. The van der Waals surface area contributed by atoms with E-state index in [0.717, 1.165) is 18.9 Å². The van der Waals surface area contributed by atoms with Crippen molar-refractivity contribution in [1.82, 2.24) is 5.32 Å². The van der Waals surface area contributed by atoms with Gasteiger partial charge in [-0.1, -0.05) is 42.8 Å². The molecule has 1 N–H and O–H groups in total. The Balaban J connectivity index is 2.04. The monoisotopic (exact) mass is 215 g/mol. The van der Waals surface area contributed by atoms with E-state index in [2.05, 4.69) is 41.7 Å². The third-order valence-electron chi connectivity index (χ3n) is 3.40. The fourth-order valence-corrected chi connectivity index (χ4v) is 2.19. The molecule has 1 nitrogen and oxygen atoms in total. The molecule has 0 radical (unpaired) electrons. The van der Waals surface area contributed by atoms with Crippen molar-refractivity contribution >= 4 is 6.08 Å². The molecule has 0 saturated heterocycles. The van der Waals surface area contributed by atoms with Gasteiger partial charge in [0.25, 0.3) is 0 Å². The lowest BCUT2D eigenvalue weighted by Gasteiger charge is -2.27. The van der Waals surface area contributed by atoms with Gasteiger partial charge >= 0.3 is 0 Å². The average Bonchev–Trinajstić information content (AvgIpc) is 2.24. The number of nitrogens with one attached hydrogen (secondary N) is 1. The van der Waals surface area contributed by atoms with Crippen molar-refractivity contribution in [3.8, 4) is 0 Å². The highest BCUT2D eigenvalue weighted by Crippen LogP contribution is 2.38.